The number of nitrogens with zero attached hydrogens (tertiary/aromatic N) is 2. The minimum Gasteiger partial charge on any atom is -0.481 e. The largest absolute Gasteiger partial charge is 0.481 e. The number of fused-ring (bicyclic) bond motifs is 1. The maximum Gasteiger partial charge on any atom is 0.305 e. The minimum absolute atomic E-state index is 0.0901. The Morgan fingerprint density at radius 1 is 1.31 bits per heavy atom. The fourth-order valence-corrected chi connectivity index (χ4v) is 3.77. The molecule has 0 unspecified atom stereocenters. The normalized spacial score (nSPS) is 20.2. The van der Waals surface area contributed by atoms with Gasteiger partial charge in [-0.3, -0.25) is 9.59 Å². The van der Waals surface area contributed by atoms with Gasteiger partial charge in [-0.05, 0) is 56.3 Å². The van der Waals surface area contributed by atoms with Gasteiger partial charge in [0.05, 0.1) is 17.5 Å². The predicted octanol–water partition coefficient (Wildman–Crippen LogP) is 2.01. The Balaban J connectivity index is 1.76. The van der Waals surface area contributed by atoms with Crippen LogP contribution in [0.2, 0.25) is 0 Å². The molecule has 1 aromatic carbocycles. The predicted molar refractivity (Wildman–Crippen MR) is 99.1 cm³/mol. The second-order valence-electron chi connectivity index (χ2n) is 7.09. The van der Waals surface area contributed by atoms with Gasteiger partial charge in [-0.1, -0.05) is 0 Å². The van der Waals surface area contributed by atoms with Crippen molar-refractivity contribution in [1.29, 1.82) is 0 Å². The highest BCUT2D eigenvalue weighted by Gasteiger charge is 2.25. The highest BCUT2D eigenvalue weighted by atomic mass is 16.4. The van der Waals surface area contributed by atoms with Crippen LogP contribution in [0.4, 0.5) is 0 Å². The molecule has 1 heterocycles. The van der Waals surface area contributed by atoms with E-state index in [0.29, 0.717) is 17.4 Å². The summed E-state index contributed by atoms with van der Waals surface area (Å²) >= 11 is 0. The van der Waals surface area contributed by atoms with Crippen LogP contribution < -0.4 is 11.1 Å². The Morgan fingerprint density at radius 3 is 2.69 bits per heavy atom. The maximum atomic E-state index is 12.2. The molecule has 0 atom stereocenters. The number of nitrogens with two attached hydrogens (primary N) is 1. The van der Waals surface area contributed by atoms with Crippen LogP contribution >= 0.6 is 0 Å². The van der Waals surface area contributed by atoms with Crippen LogP contribution in [0.3, 0.4) is 0 Å². The van der Waals surface area contributed by atoms with Crippen LogP contribution in [0.5, 0.6) is 0 Å². The Labute approximate surface area is 152 Å². The number of carbonyl (C=O) groups is 2. The average Bonchev–Trinajstić information content (AvgIpc) is 2.97. The second-order valence-corrected chi connectivity index (χ2v) is 7.09. The number of hydrogen-bond donors (Lipinski definition) is 3. The fraction of sp³-hybridized carbons (Fsp3) is 0.526. The van der Waals surface area contributed by atoms with E-state index in [0.717, 1.165) is 49.1 Å². The summed E-state index contributed by atoms with van der Waals surface area (Å²) < 4.78 is 2.12. The molecular weight excluding hydrogens is 332 g/mol. The van der Waals surface area contributed by atoms with Crippen molar-refractivity contribution < 1.29 is 14.7 Å². The van der Waals surface area contributed by atoms with E-state index in [-0.39, 0.29) is 18.9 Å². The number of amides is 1. The molecule has 1 aliphatic carbocycles. The fourth-order valence-electron chi connectivity index (χ4n) is 3.77. The first-order valence-electron chi connectivity index (χ1n) is 9.16. The number of rotatable bonds is 6. The van der Waals surface area contributed by atoms with Crippen LogP contribution in [0.25, 0.3) is 11.0 Å². The SMILES string of the molecule is Cn1c(C2CCC(CN)CC2)nc2cc(C(=O)NCCC(=O)O)ccc21. The van der Waals surface area contributed by atoms with Gasteiger partial charge in [-0.25, -0.2) is 4.98 Å². The van der Waals surface area contributed by atoms with Crippen molar-refractivity contribution in [1.82, 2.24) is 14.9 Å². The maximum absolute atomic E-state index is 12.2. The molecule has 1 fully saturated rings. The van der Waals surface area contributed by atoms with Crippen LogP contribution in [-0.4, -0.2) is 39.6 Å². The Kier molecular flexibility index (Phi) is 5.56. The van der Waals surface area contributed by atoms with Crippen molar-refractivity contribution in [2.24, 2.45) is 18.7 Å². The molecule has 1 amide bonds. The molecule has 0 bridgehead atoms. The van der Waals surface area contributed by atoms with Gasteiger partial charge in [0.2, 0.25) is 0 Å². The first kappa shape index (κ1) is 18.4. The third-order valence-electron chi connectivity index (χ3n) is 5.35. The van der Waals surface area contributed by atoms with Gasteiger partial charge in [-0.15, -0.1) is 0 Å². The highest BCUT2D eigenvalue weighted by Crippen LogP contribution is 2.35. The quantitative estimate of drug-likeness (QED) is 0.732. The molecule has 2 aromatic rings. The number of aryl methyl sites for hydroxylation is 1. The number of aliphatic carboxylic acids is 1. The van der Waals surface area contributed by atoms with Crippen molar-refractivity contribution >= 4 is 22.9 Å². The van der Waals surface area contributed by atoms with Gasteiger partial charge in [-0.2, -0.15) is 0 Å². The minimum atomic E-state index is -0.931. The van der Waals surface area contributed by atoms with Gasteiger partial charge in [0.25, 0.3) is 5.91 Å². The van der Waals surface area contributed by atoms with Crippen LogP contribution in [0.15, 0.2) is 18.2 Å². The number of aromatic nitrogens is 2. The molecule has 7 heteroatoms. The van der Waals surface area contributed by atoms with Crippen molar-refractivity contribution in [3.8, 4) is 0 Å². The standard InChI is InChI=1S/C19H26N4O3/c1-23-16-7-6-14(19(26)21-9-8-17(24)25)10-15(16)22-18(23)13-4-2-12(11-20)3-5-13/h6-7,10,12-13H,2-5,8-9,11,20H2,1H3,(H,21,26)(H,24,25). The summed E-state index contributed by atoms with van der Waals surface area (Å²) in [4.78, 5) is 27.5. The number of nitrogens with one attached hydrogen (secondary N) is 1. The third-order valence-corrected chi connectivity index (χ3v) is 5.35. The molecule has 0 aliphatic heterocycles. The smallest absolute Gasteiger partial charge is 0.305 e. The lowest BCUT2D eigenvalue weighted by atomic mass is 9.81. The molecule has 3 rings (SSSR count). The van der Waals surface area contributed by atoms with Gasteiger partial charge in [0.15, 0.2) is 0 Å². The van der Waals surface area contributed by atoms with E-state index in [4.69, 9.17) is 15.8 Å². The Morgan fingerprint density at radius 2 is 2.04 bits per heavy atom. The lowest BCUT2D eigenvalue weighted by Crippen LogP contribution is -2.25. The molecule has 0 saturated heterocycles. The number of carboxylic acids is 1. The molecule has 7 nitrogen and oxygen atoms in total. The molecule has 1 aromatic heterocycles. The topological polar surface area (TPSA) is 110 Å². The number of hydrogen-bond acceptors (Lipinski definition) is 4. The Bertz CT molecular complexity index is 806. The second kappa shape index (κ2) is 7.86. The van der Waals surface area contributed by atoms with E-state index in [2.05, 4.69) is 9.88 Å². The molecular formula is C19H26N4O3. The van der Waals surface area contributed by atoms with Gasteiger partial charge >= 0.3 is 5.97 Å². The molecule has 0 radical (unpaired) electrons. The van der Waals surface area contributed by atoms with Crippen molar-refractivity contribution in [3.63, 3.8) is 0 Å². The van der Waals surface area contributed by atoms with Crippen LogP contribution in [-0.2, 0) is 11.8 Å². The van der Waals surface area contributed by atoms with E-state index in [1.807, 2.05) is 13.1 Å². The van der Waals surface area contributed by atoms with E-state index in [1.54, 1.807) is 12.1 Å². The van der Waals surface area contributed by atoms with Crippen molar-refractivity contribution in [3.05, 3.63) is 29.6 Å². The summed E-state index contributed by atoms with van der Waals surface area (Å²) in [6.45, 7) is 0.875. The summed E-state index contributed by atoms with van der Waals surface area (Å²) in [5.41, 5.74) is 8.09. The van der Waals surface area contributed by atoms with Crippen molar-refractivity contribution in [2.45, 2.75) is 38.0 Å². The summed E-state index contributed by atoms with van der Waals surface area (Å²) in [5.74, 6) is 0.923. The number of imidazole rings is 1. The van der Waals surface area contributed by atoms with E-state index in [9.17, 15) is 9.59 Å². The van der Waals surface area contributed by atoms with E-state index in [1.165, 1.54) is 0 Å². The van der Waals surface area contributed by atoms with Crippen LogP contribution in [0, 0.1) is 5.92 Å². The highest BCUT2D eigenvalue weighted by molar-refractivity contribution is 5.97. The lowest BCUT2D eigenvalue weighted by Gasteiger charge is -2.27. The third kappa shape index (κ3) is 3.88. The van der Waals surface area contributed by atoms with Gasteiger partial charge < -0.3 is 20.7 Å². The average molecular weight is 358 g/mol. The zero-order valence-electron chi connectivity index (χ0n) is 15.1. The zero-order chi connectivity index (χ0) is 18.7. The molecule has 1 saturated carbocycles. The molecule has 4 N–H and O–H groups in total. The van der Waals surface area contributed by atoms with Crippen molar-refractivity contribution in [2.75, 3.05) is 13.1 Å². The number of carbonyl (C=O) groups excluding carboxylic acids is 1. The molecule has 140 valence electrons. The molecule has 26 heavy (non-hydrogen) atoms. The summed E-state index contributed by atoms with van der Waals surface area (Å²) in [6.07, 6.45) is 4.39. The molecule has 1 aliphatic rings. The van der Waals surface area contributed by atoms with E-state index < -0.39 is 5.97 Å². The van der Waals surface area contributed by atoms with Crippen LogP contribution in [0.1, 0.15) is 54.2 Å². The zero-order valence-corrected chi connectivity index (χ0v) is 15.1. The number of carboxylic acid groups (broad SMARTS) is 1. The molecule has 0 spiro atoms. The first-order chi connectivity index (χ1) is 12.5. The monoisotopic (exact) mass is 358 g/mol. The first-order valence-corrected chi connectivity index (χ1v) is 9.16. The summed E-state index contributed by atoms with van der Waals surface area (Å²) in [6, 6.07) is 5.44. The summed E-state index contributed by atoms with van der Waals surface area (Å²) in [7, 11) is 2.02. The summed E-state index contributed by atoms with van der Waals surface area (Å²) in [5, 5.41) is 11.3. The van der Waals surface area contributed by atoms with Gasteiger partial charge in [0.1, 0.15) is 5.82 Å². The van der Waals surface area contributed by atoms with Gasteiger partial charge in [0, 0.05) is 25.1 Å². The lowest BCUT2D eigenvalue weighted by molar-refractivity contribution is -0.136. The van der Waals surface area contributed by atoms with E-state index >= 15 is 0 Å². The number of benzene rings is 1. The Hall–Kier alpha value is -2.41.